The summed E-state index contributed by atoms with van der Waals surface area (Å²) in [6.45, 7) is 1.67. The molecule has 2 atom stereocenters. The zero-order valence-corrected chi connectivity index (χ0v) is 14.8. The number of carbonyl (C=O) groups is 2. The first kappa shape index (κ1) is 17.8. The van der Waals surface area contributed by atoms with Crippen molar-refractivity contribution in [3.63, 3.8) is 0 Å². The van der Waals surface area contributed by atoms with E-state index in [1.54, 1.807) is 12.1 Å². The van der Waals surface area contributed by atoms with Crippen LogP contribution in [0.25, 0.3) is 0 Å². The van der Waals surface area contributed by atoms with E-state index in [1.807, 2.05) is 12.1 Å². The summed E-state index contributed by atoms with van der Waals surface area (Å²) in [7, 11) is 0. The highest BCUT2D eigenvalue weighted by molar-refractivity contribution is 9.10. The van der Waals surface area contributed by atoms with Gasteiger partial charge in [-0.1, -0.05) is 35.7 Å². The van der Waals surface area contributed by atoms with Crippen LogP contribution in [-0.4, -0.2) is 31.1 Å². The van der Waals surface area contributed by atoms with Crippen molar-refractivity contribution in [1.82, 2.24) is 5.32 Å². The van der Waals surface area contributed by atoms with E-state index < -0.39 is 5.97 Å². The van der Waals surface area contributed by atoms with E-state index >= 15 is 0 Å². The fraction of sp³-hybridized carbons (Fsp3) is 0.529. The van der Waals surface area contributed by atoms with Crippen molar-refractivity contribution in [3.8, 4) is 5.75 Å². The molecule has 1 amide bonds. The summed E-state index contributed by atoms with van der Waals surface area (Å²) < 4.78 is 11.2. The third-order valence-electron chi connectivity index (χ3n) is 3.99. The number of hydrogen-bond donors (Lipinski definition) is 1. The Labute approximate surface area is 144 Å². The van der Waals surface area contributed by atoms with Crippen LogP contribution in [0.5, 0.6) is 5.75 Å². The van der Waals surface area contributed by atoms with Gasteiger partial charge >= 0.3 is 5.97 Å². The normalized spacial score (nSPS) is 20.6. The summed E-state index contributed by atoms with van der Waals surface area (Å²) in [5.74, 6) is 0.246. The Balaban J connectivity index is 1.65. The van der Waals surface area contributed by atoms with Crippen molar-refractivity contribution >= 4 is 27.8 Å². The quantitative estimate of drug-likeness (QED) is 0.766. The molecule has 1 aromatic carbocycles. The fourth-order valence-electron chi connectivity index (χ4n) is 2.64. The standard InChI is InChI=1S/C17H22BrNO4/c1-12-4-2-3-5-15(12)19-16(20)10-23-17(21)11-22-14-8-6-13(18)7-9-14/h6-9,12,15H,2-5,10-11H2,1H3,(H,19,20)/t12-,15-/m1/s1. The first-order valence-corrected chi connectivity index (χ1v) is 8.67. The number of benzene rings is 1. The summed E-state index contributed by atoms with van der Waals surface area (Å²) in [6, 6.07) is 7.32. The molecule has 0 bridgehead atoms. The van der Waals surface area contributed by atoms with E-state index in [-0.39, 0.29) is 25.2 Å². The summed E-state index contributed by atoms with van der Waals surface area (Å²) in [4.78, 5) is 23.4. The molecule has 0 radical (unpaired) electrons. The predicted octanol–water partition coefficient (Wildman–Crippen LogP) is 3.07. The highest BCUT2D eigenvalue weighted by Crippen LogP contribution is 2.23. The topological polar surface area (TPSA) is 64.6 Å². The number of esters is 1. The highest BCUT2D eigenvalue weighted by atomic mass is 79.9. The van der Waals surface area contributed by atoms with E-state index in [9.17, 15) is 9.59 Å². The van der Waals surface area contributed by atoms with Crippen molar-refractivity contribution in [2.24, 2.45) is 5.92 Å². The Morgan fingerprint density at radius 2 is 1.87 bits per heavy atom. The van der Waals surface area contributed by atoms with Crippen LogP contribution in [0.15, 0.2) is 28.7 Å². The maximum atomic E-state index is 11.8. The van der Waals surface area contributed by atoms with Crippen LogP contribution in [0.1, 0.15) is 32.6 Å². The van der Waals surface area contributed by atoms with Gasteiger partial charge in [0.15, 0.2) is 13.2 Å². The molecule has 1 saturated carbocycles. The van der Waals surface area contributed by atoms with Gasteiger partial charge in [0.25, 0.3) is 5.91 Å². The molecule has 6 heteroatoms. The Kier molecular flexibility index (Phi) is 6.89. The SMILES string of the molecule is C[C@@H]1CCCC[C@H]1NC(=O)COC(=O)COc1ccc(Br)cc1. The molecule has 1 aromatic rings. The van der Waals surface area contributed by atoms with Gasteiger partial charge in [0.05, 0.1) is 0 Å². The molecule has 2 rings (SSSR count). The van der Waals surface area contributed by atoms with Crippen LogP contribution in [-0.2, 0) is 14.3 Å². The summed E-state index contributed by atoms with van der Waals surface area (Å²) in [5.41, 5.74) is 0. The minimum atomic E-state index is -0.556. The lowest BCUT2D eigenvalue weighted by Crippen LogP contribution is -2.43. The number of ether oxygens (including phenoxy) is 2. The lowest BCUT2D eigenvalue weighted by molar-refractivity contribution is -0.150. The molecule has 0 spiro atoms. The average molecular weight is 384 g/mol. The smallest absolute Gasteiger partial charge is 0.344 e. The summed E-state index contributed by atoms with van der Waals surface area (Å²) in [6.07, 6.45) is 4.48. The average Bonchev–Trinajstić information content (AvgIpc) is 2.54. The van der Waals surface area contributed by atoms with E-state index in [1.165, 1.54) is 6.42 Å². The van der Waals surface area contributed by atoms with Crippen LogP contribution in [0.4, 0.5) is 0 Å². The summed E-state index contributed by atoms with van der Waals surface area (Å²) in [5, 5.41) is 2.94. The zero-order chi connectivity index (χ0) is 16.7. The first-order valence-electron chi connectivity index (χ1n) is 7.88. The predicted molar refractivity (Wildman–Crippen MR) is 90.2 cm³/mol. The number of rotatable bonds is 6. The van der Waals surface area contributed by atoms with Crippen molar-refractivity contribution in [3.05, 3.63) is 28.7 Å². The number of hydrogen-bond acceptors (Lipinski definition) is 4. The third kappa shape index (κ3) is 6.22. The van der Waals surface area contributed by atoms with Gasteiger partial charge in [0.1, 0.15) is 5.75 Å². The van der Waals surface area contributed by atoms with Gasteiger partial charge in [-0.25, -0.2) is 4.79 Å². The Bertz CT molecular complexity index is 532. The van der Waals surface area contributed by atoms with Gasteiger partial charge in [-0.2, -0.15) is 0 Å². The number of amides is 1. The van der Waals surface area contributed by atoms with Crippen molar-refractivity contribution in [2.45, 2.75) is 38.6 Å². The molecule has 0 aliphatic heterocycles. The van der Waals surface area contributed by atoms with Gasteiger partial charge in [-0.15, -0.1) is 0 Å². The van der Waals surface area contributed by atoms with Crippen LogP contribution in [0.3, 0.4) is 0 Å². The molecule has 126 valence electrons. The summed E-state index contributed by atoms with van der Waals surface area (Å²) >= 11 is 3.32. The molecule has 23 heavy (non-hydrogen) atoms. The number of halogens is 1. The second kappa shape index (κ2) is 8.91. The maximum Gasteiger partial charge on any atom is 0.344 e. The molecule has 0 unspecified atom stereocenters. The van der Waals surface area contributed by atoms with Gasteiger partial charge in [0.2, 0.25) is 0 Å². The lowest BCUT2D eigenvalue weighted by Gasteiger charge is -2.29. The van der Waals surface area contributed by atoms with Crippen LogP contribution >= 0.6 is 15.9 Å². The largest absolute Gasteiger partial charge is 0.482 e. The molecular formula is C17H22BrNO4. The highest BCUT2D eigenvalue weighted by Gasteiger charge is 2.23. The van der Waals surface area contributed by atoms with Crippen molar-refractivity contribution in [1.29, 1.82) is 0 Å². The van der Waals surface area contributed by atoms with Gasteiger partial charge in [-0.05, 0) is 43.0 Å². The second-order valence-electron chi connectivity index (χ2n) is 5.84. The lowest BCUT2D eigenvalue weighted by atomic mass is 9.86. The van der Waals surface area contributed by atoms with Crippen molar-refractivity contribution < 1.29 is 19.1 Å². The molecule has 1 aliphatic carbocycles. The fourth-order valence-corrected chi connectivity index (χ4v) is 2.90. The minimum absolute atomic E-state index is 0.189. The van der Waals surface area contributed by atoms with Gasteiger partial charge in [-0.3, -0.25) is 4.79 Å². The molecular weight excluding hydrogens is 362 g/mol. The first-order chi connectivity index (χ1) is 11.0. The third-order valence-corrected chi connectivity index (χ3v) is 4.52. The van der Waals surface area contributed by atoms with Crippen LogP contribution < -0.4 is 10.1 Å². The van der Waals surface area contributed by atoms with E-state index in [0.29, 0.717) is 11.7 Å². The van der Waals surface area contributed by atoms with E-state index in [4.69, 9.17) is 9.47 Å². The molecule has 5 nitrogen and oxygen atoms in total. The van der Waals surface area contributed by atoms with E-state index in [2.05, 4.69) is 28.2 Å². The van der Waals surface area contributed by atoms with Gasteiger partial charge < -0.3 is 14.8 Å². The molecule has 1 aliphatic rings. The molecule has 0 heterocycles. The Morgan fingerprint density at radius 1 is 1.17 bits per heavy atom. The zero-order valence-electron chi connectivity index (χ0n) is 13.2. The van der Waals surface area contributed by atoms with Crippen molar-refractivity contribution in [2.75, 3.05) is 13.2 Å². The van der Waals surface area contributed by atoms with Crippen LogP contribution in [0.2, 0.25) is 0 Å². The second-order valence-corrected chi connectivity index (χ2v) is 6.75. The number of carbonyl (C=O) groups excluding carboxylic acids is 2. The van der Waals surface area contributed by atoms with E-state index in [0.717, 1.165) is 23.7 Å². The number of nitrogens with one attached hydrogen (secondary N) is 1. The molecule has 0 saturated heterocycles. The Hall–Kier alpha value is -1.56. The molecule has 1 N–H and O–H groups in total. The monoisotopic (exact) mass is 383 g/mol. The minimum Gasteiger partial charge on any atom is -0.482 e. The molecule has 1 fully saturated rings. The van der Waals surface area contributed by atoms with Crippen LogP contribution in [0, 0.1) is 5.92 Å². The maximum absolute atomic E-state index is 11.8. The Morgan fingerprint density at radius 3 is 2.57 bits per heavy atom. The van der Waals surface area contributed by atoms with Gasteiger partial charge in [0, 0.05) is 10.5 Å². The molecule has 0 aromatic heterocycles.